The molecular formula is C19H36N2O. The molecular weight excluding hydrogens is 272 g/mol. The average Bonchev–Trinajstić information content (AvgIpc) is 2.46. The molecule has 3 heteroatoms. The summed E-state index contributed by atoms with van der Waals surface area (Å²) in [4.78, 5) is 0. The molecule has 0 bridgehead atoms. The van der Waals surface area contributed by atoms with Crippen molar-refractivity contribution in [3.63, 3.8) is 0 Å². The molecule has 3 N–H and O–H groups in total. The van der Waals surface area contributed by atoms with Crippen LogP contribution in [0.2, 0.25) is 0 Å². The van der Waals surface area contributed by atoms with E-state index >= 15 is 0 Å². The van der Waals surface area contributed by atoms with Crippen molar-refractivity contribution in [2.75, 3.05) is 0 Å². The number of hydrogen-bond acceptors (Lipinski definition) is 3. The van der Waals surface area contributed by atoms with Gasteiger partial charge in [-0.05, 0) is 32.1 Å². The third-order valence-electron chi connectivity index (χ3n) is 3.75. The Morgan fingerprint density at radius 3 is 2.36 bits per heavy atom. The van der Waals surface area contributed by atoms with Gasteiger partial charge in [-0.3, -0.25) is 0 Å². The van der Waals surface area contributed by atoms with Crippen LogP contribution in [0.3, 0.4) is 0 Å². The van der Waals surface area contributed by atoms with Gasteiger partial charge in [-0.2, -0.15) is 0 Å². The molecule has 0 heterocycles. The molecule has 1 unspecified atom stereocenters. The van der Waals surface area contributed by atoms with Gasteiger partial charge < -0.3 is 10.9 Å². The smallest absolute Gasteiger partial charge is 0.0495 e. The van der Waals surface area contributed by atoms with Crippen molar-refractivity contribution in [3.05, 3.63) is 24.3 Å². The summed E-state index contributed by atoms with van der Waals surface area (Å²) in [5, 5.41) is 11.7. The molecule has 0 amide bonds. The molecule has 0 aliphatic carbocycles. The Hall–Kier alpha value is -1.09. The molecule has 0 aliphatic rings. The third-order valence-corrected chi connectivity index (χ3v) is 3.75. The zero-order valence-corrected chi connectivity index (χ0v) is 14.8. The first kappa shape index (κ1) is 20.9. The topological polar surface area (TPSA) is 58.6 Å². The van der Waals surface area contributed by atoms with Gasteiger partial charge in [-0.25, -0.2) is 0 Å². The number of nitrogens with two attached hydrogens (primary N) is 1. The Balaban J connectivity index is 3.62. The predicted molar refractivity (Wildman–Crippen MR) is 97.5 cm³/mol. The maximum Gasteiger partial charge on any atom is 0.0495 e. The van der Waals surface area contributed by atoms with Crippen molar-refractivity contribution >= 4 is 6.21 Å². The number of allylic oxidation sites excluding steroid dienone is 3. The third kappa shape index (κ3) is 13.9. The van der Waals surface area contributed by atoms with Gasteiger partial charge in [0, 0.05) is 17.7 Å². The number of nitrogens with zero attached hydrogens (tertiary/aromatic N) is 1. The lowest BCUT2D eigenvalue weighted by atomic mass is 9.91. The van der Waals surface area contributed by atoms with E-state index in [0.29, 0.717) is 6.04 Å². The molecule has 3 nitrogen and oxygen atoms in total. The van der Waals surface area contributed by atoms with Crippen molar-refractivity contribution in [2.45, 2.75) is 84.6 Å². The van der Waals surface area contributed by atoms with E-state index < -0.39 is 0 Å². The van der Waals surface area contributed by atoms with Crippen LogP contribution in [-0.4, -0.2) is 17.5 Å². The molecule has 0 fully saturated rings. The molecule has 0 aromatic rings. The first-order valence-electron chi connectivity index (χ1n) is 8.76. The van der Waals surface area contributed by atoms with Gasteiger partial charge in [0.15, 0.2) is 0 Å². The Labute approximate surface area is 137 Å². The minimum absolute atomic E-state index is 0.0777. The van der Waals surface area contributed by atoms with Gasteiger partial charge in [0.05, 0.1) is 0 Å². The summed E-state index contributed by atoms with van der Waals surface area (Å²) in [5.74, 6) is 0. The van der Waals surface area contributed by atoms with Crippen LogP contribution in [0.4, 0.5) is 0 Å². The van der Waals surface area contributed by atoms with E-state index in [0.717, 1.165) is 32.1 Å². The van der Waals surface area contributed by atoms with Crippen LogP contribution >= 0.6 is 0 Å². The first-order valence-corrected chi connectivity index (χ1v) is 8.76. The number of rotatable bonds is 13. The van der Waals surface area contributed by atoms with E-state index in [-0.39, 0.29) is 5.41 Å². The minimum atomic E-state index is -0.0777. The van der Waals surface area contributed by atoms with Gasteiger partial charge in [0.2, 0.25) is 0 Å². The zero-order chi connectivity index (χ0) is 16.7. The molecule has 1 atom stereocenters. The highest BCUT2D eigenvalue weighted by Gasteiger charge is 2.12. The summed E-state index contributed by atoms with van der Waals surface area (Å²) in [6.45, 7) is 6.34. The van der Waals surface area contributed by atoms with Crippen molar-refractivity contribution < 1.29 is 5.21 Å². The van der Waals surface area contributed by atoms with Gasteiger partial charge in [0.25, 0.3) is 0 Å². The quantitative estimate of drug-likeness (QED) is 0.156. The molecule has 22 heavy (non-hydrogen) atoms. The average molecular weight is 309 g/mol. The predicted octanol–water partition coefficient (Wildman–Crippen LogP) is 5.44. The fourth-order valence-corrected chi connectivity index (χ4v) is 2.25. The summed E-state index contributed by atoms with van der Waals surface area (Å²) < 4.78 is 0. The molecule has 0 radical (unpaired) electrons. The zero-order valence-electron chi connectivity index (χ0n) is 14.8. The van der Waals surface area contributed by atoms with E-state index in [4.69, 9.17) is 10.9 Å². The Kier molecular flexibility index (Phi) is 12.9. The van der Waals surface area contributed by atoms with Crippen LogP contribution in [0.25, 0.3) is 0 Å². The van der Waals surface area contributed by atoms with Crippen molar-refractivity contribution in [1.82, 2.24) is 0 Å². The summed E-state index contributed by atoms with van der Waals surface area (Å²) in [7, 11) is 0. The van der Waals surface area contributed by atoms with Gasteiger partial charge in [0.1, 0.15) is 0 Å². The van der Waals surface area contributed by atoms with E-state index in [9.17, 15) is 0 Å². The second-order valence-electron chi connectivity index (χ2n) is 6.80. The molecule has 0 spiro atoms. The van der Waals surface area contributed by atoms with Crippen LogP contribution in [-0.2, 0) is 0 Å². The molecule has 0 aromatic carbocycles. The molecule has 128 valence electrons. The first-order chi connectivity index (χ1) is 10.5. The van der Waals surface area contributed by atoms with Crippen molar-refractivity contribution in [3.8, 4) is 0 Å². The standard InChI is InChI=1S/C19H36N2O/c1-4-5-6-11-14-18(20)15-12-9-7-8-10-13-16-19(2,3)17-21-22/h9-10,12-13,17-18,22H,4-8,11,14-16,20H2,1-3H3/b12-9+,13-10+,21-17+. The van der Waals surface area contributed by atoms with E-state index in [2.05, 4.69) is 50.2 Å². The van der Waals surface area contributed by atoms with Crippen LogP contribution in [0, 0.1) is 5.41 Å². The highest BCUT2D eigenvalue weighted by atomic mass is 16.4. The number of oxime groups is 1. The SMILES string of the molecule is CCCCCCC(N)C/C=C/CC/C=C/CC(C)(C)/C=N/O. The van der Waals surface area contributed by atoms with Crippen LogP contribution in [0.1, 0.15) is 78.6 Å². The summed E-state index contributed by atoms with van der Waals surface area (Å²) >= 11 is 0. The largest absolute Gasteiger partial charge is 0.411 e. The van der Waals surface area contributed by atoms with E-state index in [1.165, 1.54) is 25.7 Å². The van der Waals surface area contributed by atoms with Gasteiger partial charge in [-0.1, -0.05) is 70.8 Å². The molecule has 0 aromatic heterocycles. The van der Waals surface area contributed by atoms with Crippen molar-refractivity contribution in [2.24, 2.45) is 16.3 Å². The second kappa shape index (κ2) is 13.6. The highest BCUT2D eigenvalue weighted by molar-refractivity contribution is 5.64. The summed E-state index contributed by atoms with van der Waals surface area (Å²) in [6.07, 6.45) is 20.7. The van der Waals surface area contributed by atoms with Gasteiger partial charge >= 0.3 is 0 Å². The van der Waals surface area contributed by atoms with Gasteiger partial charge in [-0.15, -0.1) is 5.16 Å². The Morgan fingerprint density at radius 1 is 1.05 bits per heavy atom. The van der Waals surface area contributed by atoms with Crippen LogP contribution in [0.5, 0.6) is 0 Å². The van der Waals surface area contributed by atoms with E-state index in [1.807, 2.05) is 0 Å². The molecule has 0 saturated heterocycles. The monoisotopic (exact) mass is 308 g/mol. The molecule has 0 aliphatic heterocycles. The fraction of sp³-hybridized carbons (Fsp3) is 0.737. The maximum absolute atomic E-state index is 8.55. The maximum atomic E-state index is 8.55. The summed E-state index contributed by atoms with van der Waals surface area (Å²) in [5.41, 5.74) is 6.02. The summed E-state index contributed by atoms with van der Waals surface area (Å²) in [6, 6.07) is 0.321. The Morgan fingerprint density at radius 2 is 1.73 bits per heavy atom. The highest BCUT2D eigenvalue weighted by Crippen LogP contribution is 2.18. The van der Waals surface area contributed by atoms with Crippen molar-refractivity contribution in [1.29, 1.82) is 0 Å². The lowest BCUT2D eigenvalue weighted by molar-refractivity contribution is 0.313. The Bertz CT molecular complexity index is 332. The fourth-order valence-electron chi connectivity index (χ4n) is 2.25. The molecule has 0 saturated carbocycles. The van der Waals surface area contributed by atoms with Crippen LogP contribution in [0.15, 0.2) is 29.5 Å². The molecule has 0 rings (SSSR count). The lowest BCUT2D eigenvalue weighted by Crippen LogP contribution is -2.18. The second-order valence-corrected chi connectivity index (χ2v) is 6.80. The number of unbranched alkanes of at least 4 members (excludes halogenated alkanes) is 4. The van der Waals surface area contributed by atoms with Crippen LogP contribution < -0.4 is 5.73 Å². The number of hydrogen-bond donors (Lipinski definition) is 2. The van der Waals surface area contributed by atoms with E-state index in [1.54, 1.807) is 6.21 Å². The minimum Gasteiger partial charge on any atom is -0.411 e. The normalized spacial score (nSPS) is 14.5. The lowest BCUT2D eigenvalue weighted by Gasteiger charge is -2.14.